The zero-order valence-electron chi connectivity index (χ0n) is 13.4. The zero-order chi connectivity index (χ0) is 17.7. The van der Waals surface area contributed by atoms with Gasteiger partial charge in [0.1, 0.15) is 6.23 Å². The molecule has 1 aromatic rings. The number of H-pyrrole nitrogens is 1. The van der Waals surface area contributed by atoms with Crippen molar-refractivity contribution in [3.63, 3.8) is 0 Å². The second-order valence-electron chi connectivity index (χ2n) is 5.50. The predicted octanol–water partition coefficient (Wildman–Crippen LogP) is -1.32. The summed E-state index contributed by atoms with van der Waals surface area (Å²) < 4.78 is 6.86. The van der Waals surface area contributed by atoms with E-state index in [9.17, 15) is 19.5 Å². The number of nitrogens with zero attached hydrogens (tertiary/aromatic N) is 1. The summed E-state index contributed by atoms with van der Waals surface area (Å²) in [5.41, 5.74) is 4.18. The highest BCUT2D eigenvalue weighted by Gasteiger charge is 2.34. The van der Waals surface area contributed by atoms with Gasteiger partial charge < -0.3 is 20.9 Å². The van der Waals surface area contributed by atoms with Gasteiger partial charge in [0, 0.05) is 31.8 Å². The smallest absolute Gasteiger partial charge is 0.330 e. The summed E-state index contributed by atoms with van der Waals surface area (Å²) in [6.45, 7) is 2.51. The molecule has 0 radical (unpaired) electrons. The van der Waals surface area contributed by atoms with E-state index in [-0.39, 0.29) is 18.1 Å². The number of carbonyl (C=O) groups excluding carboxylic acids is 1. The summed E-state index contributed by atoms with van der Waals surface area (Å²) in [5, 5.41) is 12.4. The predicted molar refractivity (Wildman–Crippen MR) is 87.2 cm³/mol. The summed E-state index contributed by atoms with van der Waals surface area (Å²) in [7, 11) is 0. The fourth-order valence-corrected chi connectivity index (χ4v) is 2.51. The van der Waals surface area contributed by atoms with Gasteiger partial charge in [0.25, 0.3) is 5.56 Å². The maximum Gasteiger partial charge on any atom is 0.330 e. The van der Waals surface area contributed by atoms with Gasteiger partial charge in [-0.15, -0.1) is 0 Å². The number of aromatic amines is 1. The summed E-state index contributed by atoms with van der Waals surface area (Å²) in [4.78, 5) is 37.6. The first-order chi connectivity index (χ1) is 11.5. The van der Waals surface area contributed by atoms with Crippen LogP contribution in [0, 0.1) is 0 Å². The van der Waals surface area contributed by atoms with E-state index in [1.165, 1.54) is 22.9 Å². The Morgan fingerprint density at radius 2 is 2.33 bits per heavy atom. The van der Waals surface area contributed by atoms with E-state index in [4.69, 9.17) is 10.5 Å². The second-order valence-corrected chi connectivity index (χ2v) is 5.50. The lowest BCUT2D eigenvalue weighted by atomic mass is 10.1. The highest BCUT2D eigenvalue weighted by Crippen LogP contribution is 2.29. The maximum atomic E-state index is 12.0. The molecule has 0 unspecified atom stereocenters. The zero-order valence-corrected chi connectivity index (χ0v) is 13.4. The Morgan fingerprint density at radius 1 is 1.58 bits per heavy atom. The Hall–Kier alpha value is -2.23. The molecule has 9 nitrogen and oxygen atoms in total. The van der Waals surface area contributed by atoms with Crippen molar-refractivity contribution in [2.45, 2.75) is 38.2 Å². The SMILES string of the molecule is CC[C@H]1O[C@@H](n2cc(/C=C/C(=O)NCCN)c(=O)[nH]c2=O)C[C@H]1O. The van der Waals surface area contributed by atoms with Gasteiger partial charge >= 0.3 is 5.69 Å². The molecule has 1 saturated heterocycles. The summed E-state index contributed by atoms with van der Waals surface area (Å²) >= 11 is 0. The third-order valence-electron chi connectivity index (χ3n) is 3.77. The molecule has 0 aliphatic carbocycles. The van der Waals surface area contributed by atoms with E-state index in [1.807, 2.05) is 6.92 Å². The fourth-order valence-electron chi connectivity index (χ4n) is 2.51. The molecule has 1 aliphatic rings. The van der Waals surface area contributed by atoms with Crippen LogP contribution in [0.25, 0.3) is 6.08 Å². The molecule has 1 aliphatic heterocycles. The molecule has 2 rings (SSSR count). The van der Waals surface area contributed by atoms with E-state index in [2.05, 4.69) is 10.3 Å². The van der Waals surface area contributed by atoms with Crippen LogP contribution in [0.1, 0.15) is 31.6 Å². The quantitative estimate of drug-likeness (QED) is 0.475. The summed E-state index contributed by atoms with van der Waals surface area (Å²) in [6.07, 6.45) is 3.01. The van der Waals surface area contributed by atoms with E-state index < -0.39 is 29.5 Å². The normalized spacial score (nSPS) is 23.7. The van der Waals surface area contributed by atoms with Crippen molar-refractivity contribution in [1.29, 1.82) is 0 Å². The maximum absolute atomic E-state index is 12.0. The molecule has 3 atom stereocenters. The number of nitrogens with one attached hydrogen (secondary N) is 2. The lowest BCUT2D eigenvalue weighted by Crippen LogP contribution is -2.33. The van der Waals surface area contributed by atoms with Crippen molar-refractivity contribution in [1.82, 2.24) is 14.9 Å². The molecule has 0 bridgehead atoms. The minimum absolute atomic E-state index is 0.135. The molecule has 9 heteroatoms. The number of aromatic nitrogens is 2. The van der Waals surface area contributed by atoms with Crippen molar-refractivity contribution in [3.05, 3.63) is 38.7 Å². The van der Waals surface area contributed by atoms with Crippen LogP contribution in [0.5, 0.6) is 0 Å². The van der Waals surface area contributed by atoms with E-state index in [1.54, 1.807) is 0 Å². The number of nitrogens with two attached hydrogens (primary N) is 1. The molecule has 5 N–H and O–H groups in total. The van der Waals surface area contributed by atoms with Crippen molar-refractivity contribution in [3.8, 4) is 0 Å². The minimum Gasteiger partial charge on any atom is -0.390 e. The third kappa shape index (κ3) is 4.19. The van der Waals surface area contributed by atoms with Gasteiger partial charge in [-0.25, -0.2) is 4.79 Å². The molecule has 1 amide bonds. The van der Waals surface area contributed by atoms with Crippen molar-refractivity contribution in [2.24, 2.45) is 5.73 Å². The first-order valence-corrected chi connectivity index (χ1v) is 7.81. The van der Waals surface area contributed by atoms with Gasteiger partial charge in [-0.1, -0.05) is 6.92 Å². The monoisotopic (exact) mass is 338 g/mol. The minimum atomic E-state index is -0.667. The Bertz CT molecular complexity index is 723. The molecule has 132 valence electrons. The molecule has 0 spiro atoms. The highest BCUT2D eigenvalue weighted by molar-refractivity contribution is 5.91. The van der Waals surface area contributed by atoms with Crippen LogP contribution < -0.4 is 22.3 Å². The number of carbonyl (C=O) groups is 1. The molecular weight excluding hydrogens is 316 g/mol. The van der Waals surface area contributed by atoms with Gasteiger partial charge in [-0.2, -0.15) is 0 Å². The standard InChI is InChI=1S/C15H22N4O5/c1-2-11-10(20)7-13(24-11)19-8-9(14(22)18-15(19)23)3-4-12(21)17-6-5-16/h3-4,8,10-11,13,20H,2,5-7,16H2,1H3,(H,17,21)(H,18,22,23)/b4-3+/t10-,11-,13-/m1/s1. The number of hydrogen-bond donors (Lipinski definition) is 4. The van der Waals surface area contributed by atoms with Gasteiger partial charge in [-0.3, -0.25) is 19.1 Å². The van der Waals surface area contributed by atoms with Crippen molar-refractivity contribution >= 4 is 12.0 Å². The molecule has 0 aromatic carbocycles. The number of ether oxygens (including phenoxy) is 1. The molecule has 1 fully saturated rings. The Morgan fingerprint density at radius 3 is 2.96 bits per heavy atom. The number of aliphatic hydroxyl groups is 1. The Kier molecular flexibility index (Phi) is 6.07. The van der Waals surface area contributed by atoms with Crippen molar-refractivity contribution < 1.29 is 14.6 Å². The summed E-state index contributed by atoms with van der Waals surface area (Å²) in [5.74, 6) is -0.392. The average Bonchev–Trinajstić information content (AvgIpc) is 2.92. The van der Waals surface area contributed by atoms with Crippen LogP contribution in [0.2, 0.25) is 0 Å². The average molecular weight is 338 g/mol. The number of aliphatic hydroxyl groups excluding tert-OH is 1. The summed E-state index contributed by atoms with van der Waals surface area (Å²) in [6, 6.07) is 0. The third-order valence-corrected chi connectivity index (χ3v) is 3.77. The van der Waals surface area contributed by atoms with E-state index in [0.29, 0.717) is 19.5 Å². The molecular formula is C15H22N4O5. The van der Waals surface area contributed by atoms with Crippen molar-refractivity contribution in [2.75, 3.05) is 13.1 Å². The van der Waals surface area contributed by atoms with Gasteiger partial charge in [0.05, 0.1) is 17.8 Å². The van der Waals surface area contributed by atoms with Gasteiger partial charge in [-0.05, 0) is 12.5 Å². The van der Waals surface area contributed by atoms with Gasteiger partial charge in [0.15, 0.2) is 0 Å². The number of hydrogen-bond acceptors (Lipinski definition) is 6. The molecule has 0 saturated carbocycles. The van der Waals surface area contributed by atoms with Crippen LogP contribution >= 0.6 is 0 Å². The van der Waals surface area contributed by atoms with Gasteiger partial charge in [0.2, 0.25) is 5.91 Å². The highest BCUT2D eigenvalue weighted by atomic mass is 16.5. The Balaban J connectivity index is 2.23. The lowest BCUT2D eigenvalue weighted by molar-refractivity contribution is -0.116. The number of amides is 1. The lowest BCUT2D eigenvalue weighted by Gasteiger charge is -2.15. The molecule has 24 heavy (non-hydrogen) atoms. The second kappa shape index (κ2) is 8.04. The van der Waals surface area contributed by atoms with Crippen LogP contribution in [0.4, 0.5) is 0 Å². The number of rotatable bonds is 6. The van der Waals surface area contributed by atoms with Crippen LogP contribution in [-0.2, 0) is 9.53 Å². The van der Waals surface area contributed by atoms with Crippen LogP contribution in [-0.4, -0.2) is 45.9 Å². The Labute approximate surface area is 138 Å². The molecule has 1 aromatic heterocycles. The first kappa shape index (κ1) is 18.1. The van der Waals surface area contributed by atoms with Crippen LogP contribution in [0.3, 0.4) is 0 Å². The molecule has 2 heterocycles. The topological polar surface area (TPSA) is 139 Å². The fraction of sp³-hybridized carbons (Fsp3) is 0.533. The van der Waals surface area contributed by atoms with Crippen LogP contribution in [0.15, 0.2) is 21.9 Å². The van der Waals surface area contributed by atoms with E-state index in [0.717, 1.165) is 0 Å². The van der Waals surface area contributed by atoms with E-state index >= 15 is 0 Å². The largest absolute Gasteiger partial charge is 0.390 e. The first-order valence-electron chi connectivity index (χ1n) is 7.81.